The molecule has 2 aliphatic heterocycles. The minimum atomic E-state index is -4.60. The van der Waals surface area contributed by atoms with Crippen molar-refractivity contribution in [2.75, 3.05) is 63.3 Å². The van der Waals surface area contributed by atoms with E-state index in [0.717, 1.165) is 19.2 Å². The predicted octanol–water partition coefficient (Wildman–Crippen LogP) is 1.22. The minimum absolute atomic E-state index is 0.0127. The minimum Gasteiger partial charge on any atom is -0.466 e. The molecule has 2 heterocycles. The molecule has 0 atom stereocenters. The maximum atomic E-state index is 13.5. The number of hydrogen-bond acceptors (Lipinski definition) is 7. The third kappa shape index (κ3) is 4.68. The smallest absolute Gasteiger partial charge is 0.416 e. The lowest BCUT2D eigenvalue weighted by molar-refractivity contribution is -0.138. The predicted molar refractivity (Wildman–Crippen MR) is 101 cm³/mol. The van der Waals surface area contributed by atoms with Crippen molar-refractivity contribution in [1.82, 2.24) is 4.90 Å². The van der Waals surface area contributed by atoms with Crippen molar-refractivity contribution in [3.63, 3.8) is 0 Å². The van der Waals surface area contributed by atoms with E-state index in [1.54, 1.807) is 4.90 Å². The van der Waals surface area contributed by atoms with Crippen LogP contribution in [0.15, 0.2) is 29.5 Å². The molecule has 11 heteroatoms. The second-order valence-corrected chi connectivity index (χ2v) is 6.79. The molecule has 2 aliphatic rings. The molecule has 1 amide bonds. The number of aliphatic hydroxyl groups excluding tert-OH is 1. The standard InChI is InChI=1S/C19H22F3N3O5/c1-29-18(28)15-11-25(2-5-26)17(27)16(15)23-13-8-12(19(20,21)22)9-14(10-13)24-3-6-30-7-4-24/h8-10,23,26H,2-7,11H2,1H3. The van der Waals surface area contributed by atoms with E-state index < -0.39 is 23.6 Å². The fourth-order valence-corrected chi connectivity index (χ4v) is 3.34. The fourth-order valence-electron chi connectivity index (χ4n) is 3.34. The molecule has 8 nitrogen and oxygen atoms in total. The van der Waals surface area contributed by atoms with E-state index in [9.17, 15) is 22.8 Å². The number of methoxy groups -OCH3 is 1. The molecule has 164 valence electrons. The molecule has 1 aromatic carbocycles. The Morgan fingerprint density at radius 2 is 1.97 bits per heavy atom. The summed E-state index contributed by atoms with van der Waals surface area (Å²) < 4.78 is 50.3. The highest BCUT2D eigenvalue weighted by Gasteiger charge is 2.36. The molecule has 1 aromatic rings. The van der Waals surface area contributed by atoms with Crippen molar-refractivity contribution in [1.29, 1.82) is 0 Å². The molecule has 0 radical (unpaired) electrons. The third-order valence-electron chi connectivity index (χ3n) is 4.84. The van der Waals surface area contributed by atoms with Gasteiger partial charge in [0.2, 0.25) is 0 Å². The average molecular weight is 429 g/mol. The van der Waals surface area contributed by atoms with Crippen LogP contribution in [0.4, 0.5) is 24.5 Å². The average Bonchev–Trinajstić information content (AvgIpc) is 3.03. The van der Waals surface area contributed by atoms with Gasteiger partial charge in [0.15, 0.2) is 0 Å². The Balaban J connectivity index is 1.98. The number of carbonyl (C=O) groups is 2. The second kappa shape index (κ2) is 8.92. The number of nitrogens with one attached hydrogen (secondary N) is 1. The van der Waals surface area contributed by atoms with Gasteiger partial charge >= 0.3 is 12.1 Å². The lowest BCUT2D eigenvalue weighted by atomic mass is 10.1. The summed E-state index contributed by atoms with van der Waals surface area (Å²) >= 11 is 0. The first kappa shape index (κ1) is 21.9. The Labute approximate surface area is 170 Å². The lowest BCUT2D eigenvalue weighted by Crippen LogP contribution is -2.36. The number of halogens is 3. The zero-order valence-electron chi connectivity index (χ0n) is 16.3. The number of hydrogen-bond donors (Lipinski definition) is 2. The summed E-state index contributed by atoms with van der Waals surface area (Å²) in [6.07, 6.45) is -4.60. The van der Waals surface area contributed by atoms with Crippen LogP contribution >= 0.6 is 0 Å². The number of β-amino-alcohol motifs (C(OH)–C–C–N with tert-alkyl or cyclic N) is 1. The van der Waals surface area contributed by atoms with Crippen molar-refractivity contribution in [3.8, 4) is 0 Å². The van der Waals surface area contributed by atoms with E-state index >= 15 is 0 Å². The number of rotatable bonds is 6. The Kier molecular flexibility index (Phi) is 6.52. The van der Waals surface area contributed by atoms with E-state index in [4.69, 9.17) is 14.6 Å². The molecule has 0 unspecified atom stereocenters. The van der Waals surface area contributed by atoms with Gasteiger partial charge in [0.1, 0.15) is 5.70 Å². The van der Waals surface area contributed by atoms with Crippen molar-refractivity contribution >= 4 is 23.3 Å². The first-order valence-electron chi connectivity index (χ1n) is 9.28. The van der Waals surface area contributed by atoms with Gasteiger partial charge in [0.25, 0.3) is 5.91 Å². The highest BCUT2D eigenvalue weighted by atomic mass is 19.4. The monoisotopic (exact) mass is 429 g/mol. The van der Waals surface area contributed by atoms with Crippen LogP contribution in [0.25, 0.3) is 0 Å². The SMILES string of the molecule is COC(=O)C1=C(Nc2cc(N3CCOCC3)cc(C(F)(F)F)c2)C(=O)N(CCO)C1. The van der Waals surface area contributed by atoms with E-state index in [2.05, 4.69) is 5.32 Å². The Hall–Kier alpha value is -2.79. The number of carbonyl (C=O) groups excluding carboxylic acids is 2. The molecule has 1 fully saturated rings. The van der Waals surface area contributed by atoms with Gasteiger partial charge in [-0.1, -0.05) is 0 Å². The molecule has 0 aliphatic carbocycles. The fraction of sp³-hybridized carbons (Fsp3) is 0.474. The number of aliphatic hydroxyl groups is 1. The van der Waals surface area contributed by atoms with Crippen LogP contribution in [0, 0.1) is 0 Å². The van der Waals surface area contributed by atoms with Crippen LogP contribution in [0.2, 0.25) is 0 Å². The topological polar surface area (TPSA) is 91.3 Å². The number of anilines is 2. The second-order valence-electron chi connectivity index (χ2n) is 6.79. The van der Waals surface area contributed by atoms with Crippen molar-refractivity contribution < 1.29 is 37.3 Å². The molecule has 30 heavy (non-hydrogen) atoms. The van der Waals surface area contributed by atoms with Gasteiger partial charge in [-0.05, 0) is 18.2 Å². The Morgan fingerprint density at radius 3 is 2.57 bits per heavy atom. The summed E-state index contributed by atoms with van der Waals surface area (Å²) in [5.74, 6) is -1.37. The zero-order chi connectivity index (χ0) is 21.9. The first-order chi connectivity index (χ1) is 14.2. The maximum absolute atomic E-state index is 13.5. The summed E-state index contributed by atoms with van der Waals surface area (Å²) in [6, 6.07) is 3.42. The first-order valence-corrected chi connectivity index (χ1v) is 9.28. The molecule has 0 saturated carbocycles. The highest BCUT2D eigenvalue weighted by molar-refractivity contribution is 6.08. The van der Waals surface area contributed by atoms with E-state index in [0.29, 0.717) is 32.0 Å². The lowest BCUT2D eigenvalue weighted by Gasteiger charge is -2.30. The van der Waals surface area contributed by atoms with Crippen molar-refractivity contribution in [2.45, 2.75) is 6.18 Å². The van der Waals surface area contributed by atoms with Gasteiger partial charge in [-0.3, -0.25) is 4.79 Å². The maximum Gasteiger partial charge on any atom is 0.416 e. The third-order valence-corrected chi connectivity index (χ3v) is 4.84. The van der Waals surface area contributed by atoms with Gasteiger partial charge in [0, 0.05) is 31.0 Å². The van der Waals surface area contributed by atoms with Gasteiger partial charge in [-0.25, -0.2) is 4.79 Å². The Bertz CT molecular complexity index is 850. The number of alkyl halides is 3. The molecule has 0 bridgehead atoms. The summed E-state index contributed by atoms with van der Waals surface area (Å²) in [4.78, 5) is 27.7. The molecular weight excluding hydrogens is 407 g/mol. The number of nitrogens with zero attached hydrogens (tertiary/aromatic N) is 2. The van der Waals surface area contributed by atoms with E-state index in [1.165, 1.54) is 11.0 Å². The molecule has 2 N–H and O–H groups in total. The summed E-state index contributed by atoms with van der Waals surface area (Å²) in [6.45, 7) is 1.20. The number of esters is 1. The number of morpholine rings is 1. The molecule has 1 saturated heterocycles. The summed E-state index contributed by atoms with van der Waals surface area (Å²) in [5.41, 5.74) is -0.717. The Morgan fingerprint density at radius 1 is 1.27 bits per heavy atom. The summed E-state index contributed by atoms with van der Waals surface area (Å²) in [5, 5.41) is 11.8. The number of ether oxygens (including phenoxy) is 2. The normalized spacial score (nSPS) is 17.6. The number of amides is 1. The molecule has 3 rings (SSSR count). The number of benzene rings is 1. The van der Waals surface area contributed by atoms with Crippen LogP contribution in [0.3, 0.4) is 0 Å². The van der Waals surface area contributed by atoms with Crippen molar-refractivity contribution in [2.24, 2.45) is 0 Å². The van der Waals surface area contributed by atoms with E-state index in [1.807, 2.05) is 0 Å². The van der Waals surface area contributed by atoms with E-state index in [-0.39, 0.29) is 36.7 Å². The molecule has 0 spiro atoms. The van der Waals surface area contributed by atoms with Crippen LogP contribution in [-0.4, -0.2) is 75.0 Å². The quantitative estimate of drug-likeness (QED) is 0.657. The summed E-state index contributed by atoms with van der Waals surface area (Å²) in [7, 11) is 1.15. The van der Waals surface area contributed by atoms with Crippen molar-refractivity contribution in [3.05, 3.63) is 35.0 Å². The van der Waals surface area contributed by atoms with Gasteiger partial charge < -0.3 is 29.7 Å². The van der Waals surface area contributed by atoms with Crippen LogP contribution in [-0.2, 0) is 25.2 Å². The zero-order valence-corrected chi connectivity index (χ0v) is 16.3. The largest absolute Gasteiger partial charge is 0.466 e. The highest BCUT2D eigenvalue weighted by Crippen LogP contribution is 2.35. The molecular formula is C19H22F3N3O5. The van der Waals surface area contributed by atoms with Crippen LogP contribution in [0.1, 0.15) is 5.56 Å². The van der Waals surface area contributed by atoms with Gasteiger partial charge in [-0.2, -0.15) is 13.2 Å². The van der Waals surface area contributed by atoms with Gasteiger partial charge in [-0.15, -0.1) is 0 Å². The van der Waals surface area contributed by atoms with Gasteiger partial charge in [0.05, 0.1) is 44.6 Å². The van der Waals surface area contributed by atoms with Crippen LogP contribution < -0.4 is 10.2 Å². The molecule has 0 aromatic heterocycles. The van der Waals surface area contributed by atoms with Crippen LogP contribution in [0.5, 0.6) is 0 Å².